The highest BCUT2D eigenvalue weighted by atomic mass is 16.2. The second-order valence-electron chi connectivity index (χ2n) is 7.61. The molecule has 1 aromatic heterocycles. The number of benzene rings is 3. The summed E-state index contributed by atoms with van der Waals surface area (Å²) in [6.07, 6.45) is 3.03. The number of nitrogens with zero attached hydrogens (tertiary/aromatic N) is 2. The number of nitrogens with one attached hydrogen (secondary N) is 1. The van der Waals surface area contributed by atoms with Crippen molar-refractivity contribution in [3.63, 3.8) is 0 Å². The molecule has 1 atom stereocenters. The van der Waals surface area contributed by atoms with Gasteiger partial charge in [0.05, 0.1) is 17.2 Å². The molecule has 5 heteroatoms. The molecule has 2 heterocycles. The van der Waals surface area contributed by atoms with E-state index in [4.69, 9.17) is 0 Å². The molecule has 152 valence electrons. The molecular formula is C26H21N3O2. The number of aromatic nitrogens is 1. The molecule has 4 aromatic rings. The zero-order valence-corrected chi connectivity index (χ0v) is 16.9. The van der Waals surface area contributed by atoms with Crippen molar-refractivity contribution in [1.82, 2.24) is 4.98 Å². The summed E-state index contributed by atoms with van der Waals surface area (Å²) in [4.78, 5) is 31.6. The number of amides is 2. The Hall–Kier alpha value is -3.99. The lowest BCUT2D eigenvalue weighted by Gasteiger charge is -2.25. The SMILES string of the molecule is O=C(Nc1cccc2cccnc12)c1ccc(N2C(=O)CC[C@H]2c2ccccc2)cc1. The van der Waals surface area contributed by atoms with Gasteiger partial charge < -0.3 is 10.2 Å². The summed E-state index contributed by atoms with van der Waals surface area (Å²) in [5.41, 5.74) is 3.88. The smallest absolute Gasteiger partial charge is 0.255 e. The molecule has 0 saturated carbocycles. The van der Waals surface area contributed by atoms with Crippen molar-refractivity contribution in [2.75, 3.05) is 10.2 Å². The Kier molecular flexibility index (Phi) is 4.92. The number of pyridine rings is 1. The van der Waals surface area contributed by atoms with Crippen LogP contribution in [0.2, 0.25) is 0 Å². The lowest BCUT2D eigenvalue weighted by Crippen LogP contribution is -2.27. The van der Waals surface area contributed by atoms with E-state index >= 15 is 0 Å². The second-order valence-corrected chi connectivity index (χ2v) is 7.61. The number of carbonyl (C=O) groups excluding carboxylic acids is 2. The Morgan fingerprint density at radius 3 is 2.48 bits per heavy atom. The summed E-state index contributed by atoms with van der Waals surface area (Å²) in [7, 11) is 0. The third-order valence-electron chi connectivity index (χ3n) is 5.68. The third kappa shape index (κ3) is 3.66. The highest BCUT2D eigenvalue weighted by Crippen LogP contribution is 2.37. The van der Waals surface area contributed by atoms with Gasteiger partial charge in [-0.3, -0.25) is 14.6 Å². The first-order valence-electron chi connectivity index (χ1n) is 10.3. The number of fused-ring (bicyclic) bond motifs is 1. The minimum absolute atomic E-state index is 0.0233. The molecule has 0 spiro atoms. The molecule has 31 heavy (non-hydrogen) atoms. The molecule has 5 nitrogen and oxygen atoms in total. The molecule has 0 bridgehead atoms. The van der Waals surface area contributed by atoms with Gasteiger partial charge in [-0.05, 0) is 48.4 Å². The number of hydrogen-bond donors (Lipinski definition) is 1. The fourth-order valence-electron chi connectivity index (χ4n) is 4.17. The lowest BCUT2D eigenvalue weighted by atomic mass is 10.0. The molecule has 1 aliphatic rings. The zero-order valence-electron chi connectivity index (χ0n) is 16.9. The number of rotatable bonds is 4. The van der Waals surface area contributed by atoms with Crippen LogP contribution in [0.3, 0.4) is 0 Å². The Morgan fingerprint density at radius 2 is 1.68 bits per heavy atom. The normalized spacial score (nSPS) is 15.9. The van der Waals surface area contributed by atoms with Crippen LogP contribution in [0.5, 0.6) is 0 Å². The van der Waals surface area contributed by atoms with Gasteiger partial charge in [-0.25, -0.2) is 0 Å². The maximum atomic E-state index is 12.8. The van der Waals surface area contributed by atoms with E-state index in [9.17, 15) is 9.59 Å². The van der Waals surface area contributed by atoms with E-state index in [1.165, 1.54) is 0 Å². The van der Waals surface area contributed by atoms with Crippen molar-refractivity contribution >= 4 is 34.1 Å². The van der Waals surface area contributed by atoms with Gasteiger partial charge in [0.15, 0.2) is 0 Å². The van der Waals surface area contributed by atoms with Crippen LogP contribution in [0.25, 0.3) is 10.9 Å². The van der Waals surface area contributed by atoms with E-state index in [0.29, 0.717) is 17.7 Å². The fraction of sp³-hybridized carbons (Fsp3) is 0.115. The van der Waals surface area contributed by atoms with Crippen molar-refractivity contribution in [2.24, 2.45) is 0 Å². The fourth-order valence-corrected chi connectivity index (χ4v) is 4.17. The standard InChI is InChI=1S/C26H21N3O2/c30-24-16-15-23(18-6-2-1-3-7-18)29(24)21-13-11-20(12-14-21)26(31)28-22-10-4-8-19-9-5-17-27-25(19)22/h1-14,17,23H,15-16H2,(H,28,31)/t23-/m0/s1. The predicted molar refractivity (Wildman–Crippen MR) is 122 cm³/mol. The molecule has 1 saturated heterocycles. The molecule has 0 unspecified atom stereocenters. The second kappa shape index (κ2) is 8.03. The van der Waals surface area contributed by atoms with Crippen LogP contribution in [-0.2, 0) is 4.79 Å². The lowest BCUT2D eigenvalue weighted by molar-refractivity contribution is -0.117. The number of hydrogen-bond acceptors (Lipinski definition) is 3. The van der Waals surface area contributed by atoms with Crippen LogP contribution in [0.4, 0.5) is 11.4 Å². The minimum atomic E-state index is -0.211. The highest BCUT2D eigenvalue weighted by molar-refractivity contribution is 6.08. The van der Waals surface area contributed by atoms with Gasteiger partial charge in [-0.2, -0.15) is 0 Å². The largest absolute Gasteiger partial charge is 0.320 e. The molecule has 1 fully saturated rings. The summed E-state index contributed by atoms with van der Waals surface area (Å²) in [5, 5.41) is 3.92. The van der Waals surface area contributed by atoms with Crippen LogP contribution in [0.1, 0.15) is 34.8 Å². The van der Waals surface area contributed by atoms with E-state index in [1.807, 2.05) is 65.6 Å². The summed E-state index contributed by atoms with van der Waals surface area (Å²) < 4.78 is 0. The summed E-state index contributed by atoms with van der Waals surface area (Å²) in [5.74, 6) is -0.107. The summed E-state index contributed by atoms with van der Waals surface area (Å²) in [6, 6.07) is 26.8. The summed E-state index contributed by atoms with van der Waals surface area (Å²) >= 11 is 0. The van der Waals surface area contributed by atoms with Crippen molar-refractivity contribution in [1.29, 1.82) is 0 Å². The van der Waals surface area contributed by atoms with Gasteiger partial charge >= 0.3 is 0 Å². The third-order valence-corrected chi connectivity index (χ3v) is 5.68. The van der Waals surface area contributed by atoms with Crippen LogP contribution >= 0.6 is 0 Å². The quantitative estimate of drug-likeness (QED) is 0.496. The Balaban J connectivity index is 1.38. The Morgan fingerprint density at radius 1 is 0.903 bits per heavy atom. The molecule has 1 aliphatic heterocycles. The van der Waals surface area contributed by atoms with Gasteiger partial charge in [0, 0.05) is 29.3 Å². The molecular weight excluding hydrogens is 386 g/mol. The van der Waals surface area contributed by atoms with Crippen molar-refractivity contribution in [3.05, 3.63) is 102 Å². The molecule has 0 radical (unpaired) electrons. The Bertz CT molecular complexity index is 1250. The van der Waals surface area contributed by atoms with E-state index in [-0.39, 0.29) is 17.9 Å². The van der Waals surface area contributed by atoms with E-state index in [2.05, 4.69) is 22.4 Å². The van der Waals surface area contributed by atoms with Crippen LogP contribution in [0, 0.1) is 0 Å². The van der Waals surface area contributed by atoms with Crippen LogP contribution in [-0.4, -0.2) is 16.8 Å². The van der Waals surface area contributed by atoms with Gasteiger partial charge in [-0.1, -0.05) is 48.5 Å². The average Bonchev–Trinajstić information content (AvgIpc) is 3.21. The van der Waals surface area contributed by atoms with Crippen molar-refractivity contribution in [3.8, 4) is 0 Å². The van der Waals surface area contributed by atoms with E-state index in [0.717, 1.165) is 28.6 Å². The average molecular weight is 407 g/mol. The van der Waals surface area contributed by atoms with Gasteiger partial charge in [0.25, 0.3) is 5.91 Å². The monoisotopic (exact) mass is 407 g/mol. The molecule has 1 N–H and O–H groups in total. The first-order valence-corrected chi connectivity index (χ1v) is 10.3. The van der Waals surface area contributed by atoms with Crippen LogP contribution in [0.15, 0.2) is 91.1 Å². The minimum Gasteiger partial charge on any atom is -0.320 e. The van der Waals surface area contributed by atoms with Crippen LogP contribution < -0.4 is 10.2 Å². The van der Waals surface area contributed by atoms with E-state index in [1.54, 1.807) is 18.3 Å². The van der Waals surface area contributed by atoms with Gasteiger partial charge in [-0.15, -0.1) is 0 Å². The Labute approximate surface area is 180 Å². The first-order chi connectivity index (χ1) is 15.2. The highest BCUT2D eigenvalue weighted by Gasteiger charge is 2.33. The van der Waals surface area contributed by atoms with E-state index < -0.39 is 0 Å². The number of para-hydroxylation sites is 1. The topological polar surface area (TPSA) is 62.3 Å². The zero-order chi connectivity index (χ0) is 21.2. The molecule has 5 rings (SSSR count). The number of carbonyl (C=O) groups is 2. The molecule has 3 aromatic carbocycles. The maximum absolute atomic E-state index is 12.8. The summed E-state index contributed by atoms with van der Waals surface area (Å²) in [6.45, 7) is 0. The number of anilines is 2. The molecule has 0 aliphatic carbocycles. The first kappa shape index (κ1) is 19.0. The van der Waals surface area contributed by atoms with Gasteiger partial charge in [0.2, 0.25) is 5.91 Å². The van der Waals surface area contributed by atoms with Crippen molar-refractivity contribution in [2.45, 2.75) is 18.9 Å². The maximum Gasteiger partial charge on any atom is 0.255 e. The predicted octanol–water partition coefficient (Wildman–Crippen LogP) is 5.36. The molecule has 2 amide bonds. The van der Waals surface area contributed by atoms with Gasteiger partial charge in [0.1, 0.15) is 0 Å². The van der Waals surface area contributed by atoms with Crippen molar-refractivity contribution < 1.29 is 9.59 Å².